The second-order valence-electron chi connectivity index (χ2n) is 4.32. The van der Waals surface area contributed by atoms with E-state index in [1.807, 2.05) is 0 Å². The highest BCUT2D eigenvalue weighted by Crippen LogP contribution is 2.44. The molecule has 2 rings (SSSR count). The van der Waals surface area contributed by atoms with Crippen LogP contribution < -0.4 is 0 Å². The Bertz CT molecular complexity index is 687. The molecule has 2 aromatic carbocycles. The van der Waals surface area contributed by atoms with E-state index >= 15 is 0 Å². The Morgan fingerprint density at radius 1 is 0.909 bits per heavy atom. The first kappa shape index (κ1) is 17.3. The lowest BCUT2D eigenvalue weighted by molar-refractivity contribution is -0.139. The van der Waals surface area contributed by atoms with Gasteiger partial charge >= 0.3 is 6.18 Å². The van der Waals surface area contributed by atoms with Crippen LogP contribution in [0, 0.1) is 0 Å². The highest BCUT2D eigenvalue weighted by molar-refractivity contribution is 6.48. The summed E-state index contributed by atoms with van der Waals surface area (Å²) in [4.78, 5) is 0. The quantitative estimate of drug-likeness (QED) is 0.382. The van der Waals surface area contributed by atoms with Gasteiger partial charge in [-0.2, -0.15) is 13.2 Å². The van der Waals surface area contributed by atoms with Gasteiger partial charge in [0.25, 0.3) is 6.43 Å². The molecule has 0 saturated heterocycles. The highest BCUT2D eigenvalue weighted by atomic mass is 35.5. The van der Waals surface area contributed by atoms with E-state index in [4.69, 9.17) is 34.8 Å². The Labute approximate surface area is 137 Å². The van der Waals surface area contributed by atoms with Crippen LogP contribution in [0.1, 0.15) is 17.6 Å². The van der Waals surface area contributed by atoms with E-state index in [1.54, 1.807) is 0 Å². The molecule has 0 atom stereocenters. The van der Waals surface area contributed by atoms with Gasteiger partial charge in [0.05, 0.1) is 20.6 Å². The summed E-state index contributed by atoms with van der Waals surface area (Å²) in [5.41, 5.74) is -3.01. The lowest BCUT2D eigenvalue weighted by Gasteiger charge is -2.18. The number of halogens is 8. The number of alkyl halides is 5. The Morgan fingerprint density at radius 3 is 1.91 bits per heavy atom. The summed E-state index contributed by atoms with van der Waals surface area (Å²) in [6, 6.07) is 5.22. The van der Waals surface area contributed by atoms with Gasteiger partial charge in [0.1, 0.15) is 0 Å². The van der Waals surface area contributed by atoms with Gasteiger partial charge in [-0.25, -0.2) is 8.78 Å². The van der Waals surface area contributed by atoms with Gasteiger partial charge in [-0.05, 0) is 23.3 Å². The Kier molecular flexibility index (Phi) is 4.90. The first-order chi connectivity index (χ1) is 10.1. The zero-order valence-electron chi connectivity index (χ0n) is 10.5. The van der Waals surface area contributed by atoms with Crippen LogP contribution in [0.4, 0.5) is 22.0 Å². The third-order valence-corrected chi connectivity index (χ3v) is 4.11. The first-order valence-electron chi connectivity index (χ1n) is 5.76. The zero-order chi connectivity index (χ0) is 16.7. The van der Waals surface area contributed by atoms with Crippen molar-refractivity contribution < 1.29 is 22.0 Å². The summed E-state index contributed by atoms with van der Waals surface area (Å²) in [7, 11) is 0. The topological polar surface area (TPSA) is 0 Å². The predicted octanol–water partition coefficient (Wildman–Crippen LogP) is 7.27. The van der Waals surface area contributed by atoms with Crippen molar-refractivity contribution in [2.24, 2.45) is 0 Å². The van der Waals surface area contributed by atoms with Crippen LogP contribution >= 0.6 is 34.8 Å². The van der Waals surface area contributed by atoms with Crippen molar-refractivity contribution in [2.75, 3.05) is 0 Å². The summed E-state index contributed by atoms with van der Waals surface area (Å²) in [6.07, 6.45) is -8.23. The number of hydrogen-bond donors (Lipinski definition) is 0. The number of benzene rings is 2. The van der Waals surface area contributed by atoms with E-state index in [0.717, 1.165) is 30.3 Å². The molecule has 0 aliphatic heterocycles. The average molecular weight is 376 g/mol. The smallest absolute Gasteiger partial charge is 0.205 e. The van der Waals surface area contributed by atoms with Crippen molar-refractivity contribution in [2.45, 2.75) is 12.6 Å². The lowest BCUT2D eigenvalue weighted by Crippen LogP contribution is -2.11. The summed E-state index contributed by atoms with van der Waals surface area (Å²) in [5.74, 6) is 0. The van der Waals surface area contributed by atoms with Crippen LogP contribution in [0.25, 0.3) is 11.1 Å². The van der Waals surface area contributed by atoms with E-state index in [9.17, 15) is 22.0 Å². The third-order valence-electron chi connectivity index (χ3n) is 2.91. The molecule has 0 nitrogen and oxygen atoms in total. The van der Waals surface area contributed by atoms with Crippen molar-refractivity contribution >= 4 is 34.8 Å². The maximum Gasteiger partial charge on any atom is 0.417 e. The zero-order valence-corrected chi connectivity index (χ0v) is 12.8. The lowest BCUT2D eigenvalue weighted by atomic mass is 9.95. The fourth-order valence-corrected chi connectivity index (χ4v) is 2.62. The van der Waals surface area contributed by atoms with Crippen LogP contribution in [0.15, 0.2) is 30.3 Å². The maximum absolute atomic E-state index is 13.2. The molecule has 8 heteroatoms. The number of rotatable bonds is 2. The van der Waals surface area contributed by atoms with Gasteiger partial charge in [0, 0.05) is 5.56 Å². The summed E-state index contributed by atoms with van der Waals surface area (Å²) >= 11 is 17.3. The van der Waals surface area contributed by atoms with Gasteiger partial charge in [-0.3, -0.25) is 0 Å². The minimum atomic E-state index is -4.96. The summed E-state index contributed by atoms with van der Waals surface area (Å²) < 4.78 is 65.4. The second-order valence-corrected chi connectivity index (χ2v) is 5.51. The molecule has 22 heavy (non-hydrogen) atoms. The first-order valence-corrected chi connectivity index (χ1v) is 6.89. The molecule has 0 unspecified atom stereocenters. The molecule has 0 aromatic heterocycles. The van der Waals surface area contributed by atoms with Crippen LogP contribution in [0.2, 0.25) is 15.1 Å². The molecule has 118 valence electrons. The fourth-order valence-electron chi connectivity index (χ4n) is 2.02. The largest absolute Gasteiger partial charge is 0.417 e. The standard InChI is InChI=1S/C14H6Cl3F5/c15-9-4-6(5-10(16)12(9)17)7-2-1-3-8(13(18)19)11(7)14(20,21)22/h1-5,13H. The van der Waals surface area contributed by atoms with E-state index in [0.29, 0.717) is 0 Å². The normalized spacial score (nSPS) is 12.0. The minimum absolute atomic E-state index is 0.0225. The minimum Gasteiger partial charge on any atom is -0.205 e. The second kappa shape index (κ2) is 6.22. The molecule has 0 amide bonds. The van der Waals surface area contributed by atoms with Gasteiger partial charge in [0.15, 0.2) is 0 Å². The molecule has 0 saturated carbocycles. The van der Waals surface area contributed by atoms with Crippen LogP contribution in [-0.4, -0.2) is 0 Å². The van der Waals surface area contributed by atoms with Crippen molar-refractivity contribution in [3.8, 4) is 11.1 Å². The monoisotopic (exact) mass is 374 g/mol. The summed E-state index contributed by atoms with van der Waals surface area (Å²) in [6.45, 7) is 0. The predicted molar refractivity (Wildman–Crippen MR) is 76.9 cm³/mol. The van der Waals surface area contributed by atoms with Crippen molar-refractivity contribution in [3.63, 3.8) is 0 Å². The average Bonchev–Trinajstić information content (AvgIpc) is 2.42. The third kappa shape index (κ3) is 3.31. The van der Waals surface area contributed by atoms with Crippen LogP contribution in [0.5, 0.6) is 0 Å². The molecule has 0 aliphatic carbocycles. The SMILES string of the molecule is FC(F)c1cccc(-c2cc(Cl)c(Cl)c(Cl)c2)c1C(F)(F)F. The van der Waals surface area contributed by atoms with Crippen molar-refractivity contribution in [1.29, 1.82) is 0 Å². The molecular weight excluding hydrogens is 370 g/mol. The number of hydrogen-bond acceptors (Lipinski definition) is 0. The Morgan fingerprint density at radius 2 is 1.45 bits per heavy atom. The Balaban J connectivity index is 2.79. The van der Waals surface area contributed by atoms with Gasteiger partial charge in [0.2, 0.25) is 0 Å². The van der Waals surface area contributed by atoms with Crippen LogP contribution in [0.3, 0.4) is 0 Å². The van der Waals surface area contributed by atoms with Crippen LogP contribution in [-0.2, 0) is 6.18 Å². The van der Waals surface area contributed by atoms with E-state index in [2.05, 4.69) is 0 Å². The molecule has 0 spiro atoms. The fraction of sp³-hybridized carbons (Fsp3) is 0.143. The molecule has 0 radical (unpaired) electrons. The van der Waals surface area contributed by atoms with E-state index in [1.165, 1.54) is 0 Å². The van der Waals surface area contributed by atoms with Crippen molar-refractivity contribution in [3.05, 3.63) is 56.5 Å². The highest BCUT2D eigenvalue weighted by Gasteiger charge is 2.38. The van der Waals surface area contributed by atoms with E-state index < -0.39 is 29.3 Å². The molecule has 0 bridgehead atoms. The molecule has 0 heterocycles. The maximum atomic E-state index is 13.2. The summed E-state index contributed by atoms with van der Waals surface area (Å²) in [5, 5.41) is -0.162. The molecule has 2 aromatic rings. The Hall–Kier alpha value is -1.04. The molecular formula is C14H6Cl3F5. The van der Waals surface area contributed by atoms with Gasteiger partial charge in [-0.15, -0.1) is 0 Å². The molecule has 0 aliphatic rings. The molecule has 0 N–H and O–H groups in total. The molecule has 0 fully saturated rings. The van der Waals surface area contributed by atoms with Gasteiger partial charge in [-0.1, -0.05) is 53.0 Å². The van der Waals surface area contributed by atoms with E-state index in [-0.39, 0.29) is 20.6 Å². The van der Waals surface area contributed by atoms with Gasteiger partial charge < -0.3 is 0 Å². The van der Waals surface area contributed by atoms with Crippen molar-refractivity contribution in [1.82, 2.24) is 0 Å².